The summed E-state index contributed by atoms with van der Waals surface area (Å²) in [6.07, 6.45) is -7.11. The molecule has 10 nitrogen and oxygen atoms in total. The summed E-state index contributed by atoms with van der Waals surface area (Å²) in [5, 5.41) is 19.0. The van der Waals surface area contributed by atoms with Gasteiger partial charge in [0.2, 0.25) is 20.9 Å². The number of rotatable bonds is 5. The van der Waals surface area contributed by atoms with E-state index in [-0.39, 0.29) is 12.4 Å². The third kappa shape index (κ3) is 4.75. The highest BCUT2D eigenvalue weighted by Gasteiger charge is 2.46. The van der Waals surface area contributed by atoms with Crippen molar-refractivity contribution in [3.8, 4) is 6.07 Å². The number of ether oxygens (including phenoxy) is 1. The van der Waals surface area contributed by atoms with Gasteiger partial charge in [-0.05, 0) is 25.1 Å². The van der Waals surface area contributed by atoms with Gasteiger partial charge in [0.25, 0.3) is 0 Å². The fraction of sp³-hybridized carbons (Fsp3) is 0.389. The molecule has 0 aliphatic carbocycles. The van der Waals surface area contributed by atoms with Crippen LogP contribution in [-0.4, -0.2) is 55.3 Å². The number of aryl methyl sites for hydroxylation is 1. The fourth-order valence-electron chi connectivity index (χ4n) is 3.29. The van der Waals surface area contributed by atoms with Crippen molar-refractivity contribution in [3.05, 3.63) is 51.5 Å². The van der Waals surface area contributed by atoms with E-state index in [0.29, 0.717) is 18.2 Å². The Morgan fingerprint density at radius 2 is 2.00 bits per heavy atom. The van der Waals surface area contributed by atoms with Crippen LogP contribution in [0.2, 0.25) is 0 Å². The van der Waals surface area contributed by atoms with Crippen LogP contribution in [0.1, 0.15) is 16.8 Å². The number of hydrogen-bond acceptors (Lipinski definition) is 9. The van der Waals surface area contributed by atoms with Gasteiger partial charge in [0.1, 0.15) is 22.4 Å². The van der Waals surface area contributed by atoms with Crippen LogP contribution in [0.5, 0.6) is 0 Å². The van der Waals surface area contributed by atoms with E-state index in [2.05, 4.69) is 14.7 Å². The van der Waals surface area contributed by atoms with Crippen molar-refractivity contribution in [2.24, 2.45) is 0 Å². The second kappa shape index (κ2) is 9.06. The molecule has 3 rings (SSSR count). The number of nitriles is 1. The summed E-state index contributed by atoms with van der Waals surface area (Å²) in [5.74, 6) is -3.55. The molecule has 0 radical (unpaired) electrons. The van der Waals surface area contributed by atoms with Crippen molar-refractivity contribution in [1.82, 2.24) is 9.97 Å². The third-order valence-electron chi connectivity index (χ3n) is 4.79. The van der Waals surface area contributed by atoms with Crippen LogP contribution < -0.4 is 4.90 Å². The highest BCUT2D eigenvalue weighted by Crippen LogP contribution is 2.39. The Kier molecular flexibility index (Phi) is 6.71. The molecule has 1 saturated heterocycles. The zero-order valence-electron chi connectivity index (χ0n) is 17.1. The SMILES string of the molecule is Cc1nc(C(C#N)S(=O)(=O)c2cc(F)ccc2F)c([N+](=O)[O-])c(N2CCO[C@@H](C(F)(F)F)C2)n1. The number of nitrogens with zero attached hydrogens (tertiary/aromatic N) is 5. The first-order valence-electron chi connectivity index (χ1n) is 9.32. The van der Waals surface area contributed by atoms with Gasteiger partial charge in [-0.2, -0.15) is 18.4 Å². The molecule has 0 N–H and O–H groups in total. The van der Waals surface area contributed by atoms with Gasteiger partial charge in [0.05, 0.1) is 24.1 Å². The quantitative estimate of drug-likeness (QED) is 0.339. The number of aromatic nitrogens is 2. The van der Waals surface area contributed by atoms with E-state index in [4.69, 9.17) is 0 Å². The van der Waals surface area contributed by atoms with Gasteiger partial charge in [-0.3, -0.25) is 10.1 Å². The molecule has 0 saturated carbocycles. The minimum absolute atomic E-state index is 0.272. The lowest BCUT2D eigenvalue weighted by Gasteiger charge is -2.34. The number of nitro groups is 1. The number of morpholine rings is 1. The van der Waals surface area contributed by atoms with Crippen molar-refractivity contribution in [1.29, 1.82) is 5.26 Å². The summed E-state index contributed by atoms with van der Waals surface area (Å²) in [7, 11) is -5.11. The zero-order valence-corrected chi connectivity index (χ0v) is 17.9. The Hall–Kier alpha value is -3.45. The van der Waals surface area contributed by atoms with Gasteiger partial charge in [-0.25, -0.2) is 27.2 Å². The van der Waals surface area contributed by atoms with E-state index in [1.807, 2.05) is 0 Å². The smallest absolute Gasteiger partial charge is 0.365 e. The Morgan fingerprint density at radius 1 is 1.32 bits per heavy atom. The molecule has 1 aromatic heterocycles. The van der Waals surface area contributed by atoms with Gasteiger partial charge in [-0.15, -0.1) is 0 Å². The van der Waals surface area contributed by atoms with Crippen LogP contribution in [0.15, 0.2) is 23.1 Å². The number of halogens is 5. The van der Waals surface area contributed by atoms with Gasteiger partial charge < -0.3 is 9.64 Å². The molecule has 1 fully saturated rings. The maximum absolute atomic E-state index is 14.2. The van der Waals surface area contributed by atoms with E-state index >= 15 is 0 Å². The topological polar surface area (TPSA) is 139 Å². The first kappa shape index (κ1) is 25.2. The molecular formula is C18H14F5N5O5S. The summed E-state index contributed by atoms with van der Waals surface area (Å²) >= 11 is 0. The lowest BCUT2D eigenvalue weighted by atomic mass is 10.2. The highest BCUT2D eigenvalue weighted by atomic mass is 32.2. The maximum atomic E-state index is 14.2. The molecule has 2 atom stereocenters. The Morgan fingerprint density at radius 3 is 2.59 bits per heavy atom. The van der Waals surface area contributed by atoms with Crippen molar-refractivity contribution in [3.63, 3.8) is 0 Å². The molecule has 1 aliphatic rings. The van der Waals surface area contributed by atoms with Crippen LogP contribution in [0.4, 0.5) is 33.5 Å². The number of alkyl halides is 3. The van der Waals surface area contributed by atoms with Gasteiger partial charge >= 0.3 is 11.9 Å². The van der Waals surface area contributed by atoms with Crippen molar-refractivity contribution in [2.75, 3.05) is 24.6 Å². The molecule has 182 valence electrons. The molecule has 0 amide bonds. The average molecular weight is 507 g/mol. The normalized spacial score (nSPS) is 17.8. The van der Waals surface area contributed by atoms with Crippen molar-refractivity contribution >= 4 is 21.3 Å². The van der Waals surface area contributed by atoms with Crippen LogP contribution in [-0.2, 0) is 14.6 Å². The molecule has 34 heavy (non-hydrogen) atoms. The predicted octanol–water partition coefficient (Wildman–Crippen LogP) is 2.78. The fourth-order valence-corrected chi connectivity index (χ4v) is 4.76. The molecule has 1 aliphatic heterocycles. The Balaban J connectivity index is 2.20. The van der Waals surface area contributed by atoms with Gasteiger partial charge in [-0.1, -0.05) is 0 Å². The second-order valence-corrected chi connectivity index (χ2v) is 9.06. The van der Waals surface area contributed by atoms with E-state index < -0.39 is 79.2 Å². The maximum Gasteiger partial charge on any atom is 0.416 e. The molecule has 2 aromatic rings. The molecular weight excluding hydrogens is 493 g/mol. The van der Waals surface area contributed by atoms with E-state index in [1.54, 1.807) is 0 Å². The first-order valence-corrected chi connectivity index (χ1v) is 10.9. The monoisotopic (exact) mass is 507 g/mol. The van der Waals surface area contributed by atoms with Gasteiger partial charge in [0.15, 0.2) is 11.8 Å². The molecule has 0 spiro atoms. The largest absolute Gasteiger partial charge is 0.416 e. The minimum atomic E-state index is -5.11. The lowest BCUT2D eigenvalue weighted by molar-refractivity contribution is -0.385. The summed E-state index contributed by atoms with van der Waals surface area (Å²) in [5.41, 5.74) is -2.14. The zero-order chi connectivity index (χ0) is 25.4. The third-order valence-corrected chi connectivity index (χ3v) is 6.67. The molecule has 2 heterocycles. The number of benzene rings is 1. The Labute approximate surface area is 188 Å². The minimum Gasteiger partial charge on any atom is -0.365 e. The summed E-state index contributed by atoms with van der Waals surface area (Å²) in [6, 6.07) is 2.71. The van der Waals surface area contributed by atoms with Gasteiger partial charge in [0, 0.05) is 6.54 Å². The number of anilines is 1. The Bertz CT molecular complexity index is 1280. The van der Waals surface area contributed by atoms with Crippen LogP contribution in [0, 0.1) is 40.0 Å². The second-order valence-electron chi connectivity index (χ2n) is 7.06. The summed E-state index contributed by atoms with van der Waals surface area (Å²) in [6.45, 7) is -0.481. The summed E-state index contributed by atoms with van der Waals surface area (Å²) in [4.78, 5) is 17.9. The highest BCUT2D eigenvalue weighted by molar-refractivity contribution is 7.92. The molecule has 16 heteroatoms. The van der Waals surface area contributed by atoms with E-state index in [9.17, 15) is 45.7 Å². The van der Waals surface area contributed by atoms with E-state index in [1.165, 1.54) is 13.0 Å². The van der Waals surface area contributed by atoms with Crippen LogP contribution in [0.3, 0.4) is 0 Å². The predicted molar refractivity (Wildman–Crippen MR) is 103 cm³/mol. The molecule has 1 aromatic carbocycles. The number of sulfone groups is 1. The summed E-state index contributed by atoms with van der Waals surface area (Å²) < 4.78 is 97.9. The van der Waals surface area contributed by atoms with Crippen LogP contribution in [0.25, 0.3) is 0 Å². The first-order chi connectivity index (χ1) is 15.8. The van der Waals surface area contributed by atoms with Crippen molar-refractivity contribution in [2.45, 2.75) is 29.3 Å². The average Bonchev–Trinajstić information content (AvgIpc) is 2.74. The molecule has 1 unspecified atom stereocenters. The van der Waals surface area contributed by atoms with E-state index in [0.717, 1.165) is 4.90 Å². The van der Waals surface area contributed by atoms with Crippen LogP contribution >= 0.6 is 0 Å². The standard InChI is InChI=1S/C18H14F5N5O5S/c1-9-25-15(13(7-24)34(31,32)12-6-10(19)2-3-11(12)20)16(28(29)30)17(26-9)27-4-5-33-14(8-27)18(21,22)23/h2-3,6,13-14H,4-5,8H2,1H3/t13?,14-/m1/s1. The molecule has 0 bridgehead atoms. The lowest BCUT2D eigenvalue weighted by Crippen LogP contribution is -2.49. The number of hydrogen-bond donors (Lipinski definition) is 0. The van der Waals surface area contributed by atoms with Crippen molar-refractivity contribution < 1.29 is 40.0 Å².